The largest absolute Gasteiger partial charge is 0.339 e. The molecular weight excluding hydrogens is 268 g/mol. The van der Waals surface area contributed by atoms with E-state index in [1.807, 2.05) is 36.4 Å². The Labute approximate surface area is 121 Å². The summed E-state index contributed by atoms with van der Waals surface area (Å²) in [5, 5.41) is 6.47. The van der Waals surface area contributed by atoms with Crippen molar-refractivity contribution in [3.8, 4) is 0 Å². The van der Waals surface area contributed by atoms with Crippen LogP contribution in [0.4, 0.5) is 11.4 Å². The second-order valence-corrected chi connectivity index (χ2v) is 5.21. The number of benzene rings is 3. The van der Waals surface area contributed by atoms with Gasteiger partial charge in [-0.25, -0.2) is 4.99 Å². The fourth-order valence-electron chi connectivity index (χ4n) is 2.57. The van der Waals surface area contributed by atoms with Gasteiger partial charge in [0.1, 0.15) is 5.84 Å². The molecule has 3 aromatic rings. The van der Waals surface area contributed by atoms with E-state index >= 15 is 0 Å². The Hall–Kier alpha value is -2.32. The average molecular weight is 279 g/mol. The van der Waals surface area contributed by atoms with Gasteiger partial charge in [0.25, 0.3) is 0 Å². The van der Waals surface area contributed by atoms with Crippen LogP contribution in [0.15, 0.2) is 65.7 Å². The van der Waals surface area contributed by atoms with Gasteiger partial charge in [0.05, 0.1) is 5.69 Å². The Balaban J connectivity index is 1.94. The number of rotatable bonds is 1. The van der Waals surface area contributed by atoms with Gasteiger partial charge in [-0.15, -0.1) is 0 Å². The highest BCUT2D eigenvalue weighted by Crippen LogP contribution is 2.36. The molecule has 0 fully saturated rings. The summed E-state index contributed by atoms with van der Waals surface area (Å²) in [5.41, 5.74) is 3.07. The van der Waals surface area contributed by atoms with Crippen molar-refractivity contribution in [1.29, 1.82) is 0 Å². The fraction of sp³-hybridized carbons (Fsp3) is 0. The smallest absolute Gasteiger partial charge is 0.138 e. The first-order chi connectivity index (χ1) is 9.81. The number of hydrogen-bond donors (Lipinski definition) is 1. The van der Waals surface area contributed by atoms with Gasteiger partial charge in [-0.2, -0.15) is 0 Å². The average Bonchev–Trinajstić information content (AvgIpc) is 2.48. The summed E-state index contributed by atoms with van der Waals surface area (Å²) in [6.07, 6.45) is 0. The number of aliphatic imine (C=N–C) groups is 1. The third-order valence-electron chi connectivity index (χ3n) is 3.47. The van der Waals surface area contributed by atoms with E-state index in [0.29, 0.717) is 5.02 Å². The second-order valence-electron chi connectivity index (χ2n) is 4.78. The van der Waals surface area contributed by atoms with Crippen LogP contribution in [-0.4, -0.2) is 5.84 Å². The molecule has 0 aromatic heterocycles. The summed E-state index contributed by atoms with van der Waals surface area (Å²) in [5.74, 6) is 0.832. The summed E-state index contributed by atoms with van der Waals surface area (Å²) in [6, 6.07) is 20.1. The zero-order valence-corrected chi connectivity index (χ0v) is 11.4. The molecule has 1 aliphatic heterocycles. The normalized spacial score (nSPS) is 12.9. The number of hydrogen-bond acceptors (Lipinski definition) is 2. The van der Waals surface area contributed by atoms with Crippen LogP contribution in [0, 0.1) is 0 Å². The summed E-state index contributed by atoms with van der Waals surface area (Å²) in [4.78, 5) is 4.72. The Morgan fingerprint density at radius 1 is 0.900 bits per heavy atom. The molecule has 3 heteroatoms. The lowest BCUT2D eigenvalue weighted by atomic mass is 10.0. The molecule has 0 amide bonds. The number of halogens is 1. The van der Waals surface area contributed by atoms with Crippen LogP contribution in [0.3, 0.4) is 0 Å². The van der Waals surface area contributed by atoms with E-state index in [9.17, 15) is 0 Å². The third kappa shape index (κ3) is 1.77. The summed E-state index contributed by atoms with van der Waals surface area (Å²) < 4.78 is 0. The van der Waals surface area contributed by atoms with E-state index in [1.54, 1.807) is 0 Å². The fourth-order valence-corrected chi connectivity index (χ4v) is 2.76. The molecule has 0 radical (unpaired) electrons. The van der Waals surface area contributed by atoms with Crippen molar-refractivity contribution in [3.63, 3.8) is 0 Å². The van der Waals surface area contributed by atoms with E-state index in [-0.39, 0.29) is 0 Å². The van der Waals surface area contributed by atoms with Gasteiger partial charge in [-0.3, -0.25) is 0 Å². The lowest BCUT2D eigenvalue weighted by Gasteiger charge is -2.19. The standard InChI is InChI=1S/C17H11ClN2/c18-13-7-1-6-12(10-13)17-19-14-8-2-4-11-5-3-9-15(20-17)16(11)14/h1-10H,(H,19,20). The second kappa shape index (κ2) is 4.36. The van der Waals surface area contributed by atoms with Gasteiger partial charge in [0.2, 0.25) is 0 Å². The van der Waals surface area contributed by atoms with E-state index in [2.05, 4.69) is 29.6 Å². The zero-order chi connectivity index (χ0) is 13.5. The molecule has 0 unspecified atom stereocenters. The third-order valence-corrected chi connectivity index (χ3v) is 3.70. The van der Waals surface area contributed by atoms with E-state index < -0.39 is 0 Å². The quantitative estimate of drug-likeness (QED) is 0.666. The maximum Gasteiger partial charge on any atom is 0.138 e. The Morgan fingerprint density at radius 3 is 2.55 bits per heavy atom. The summed E-state index contributed by atoms with van der Waals surface area (Å²) in [7, 11) is 0. The molecule has 0 aliphatic carbocycles. The van der Waals surface area contributed by atoms with Crippen LogP contribution in [0.2, 0.25) is 5.02 Å². The van der Waals surface area contributed by atoms with Crippen molar-refractivity contribution in [1.82, 2.24) is 0 Å². The molecule has 0 atom stereocenters. The lowest BCUT2D eigenvalue weighted by molar-refractivity contribution is 1.46. The molecule has 3 aromatic carbocycles. The first-order valence-corrected chi connectivity index (χ1v) is 6.82. The molecular formula is C17H11ClN2. The van der Waals surface area contributed by atoms with Crippen LogP contribution in [0.5, 0.6) is 0 Å². The van der Waals surface area contributed by atoms with Gasteiger partial charge in [-0.05, 0) is 29.7 Å². The molecule has 0 saturated carbocycles. The number of nitrogens with zero attached hydrogens (tertiary/aromatic N) is 1. The van der Waals surface area contributed by atoms with Crippen molar-refractivity contribution < 1.29 is 0 Å². The summed E-state index contributed by atoms with van der Waals surface area (Å²) >= 11 is 6.06. The van der Waals surface area contributed by atoms with Crippen LogP contribution in [0.25, 0.3) is 10.8 Å². The highest BCUT2D eigenvalue weighted by Gasteiger charge is 2.15. The molecule has 0 spiro atoms. The molecule has 2 nitrogen and oxygen atoms in total. The predicted octanol–water partition coefficient (Wildman–Crippen LogP) is 5.00. The van der Waals surface area contributed by atoms with Crippen molar-refractivity contribution in [2.75, 3.05) is 5.32 Å². The first-order valence-electron chi connectivity index (χ1n) is 6.45. The molecule has 96 valence electrons. The van der Waals surface area contributed by atoms with E-state index in [4.69, 9.17) is 16.6 Å². The predicted molar refractivity (Wildman–Crippen MR) is 85.2 cm³/mol. The van der Waals surface area contributed by atoms with Crippen molar-refractivity contribution in [3.05, 3.63) is 71.2 Å². The number of nitrogens with one attached hydrogen (secondary N) is 1. The topological polar surface area (TPSA) is 24.4 Å². The Bertz CT molecular complexity index is 847. The van der Waals surface area contributed by atoms with E-state index in [0.717, 1.165) is 22.8 Å². The molecule has 4 rings (SSSR count). The van der Waals surface area contributed by atoms with Crippen LogP contribution >= 0.6 is 11.6 Å². The first kappa shape index (κ1) is 11.5. The Morgan fingerprint density at radius 2 is 1.70 bits per heavy atom. The van der Waals surface area contributed by atoms with Crippen LogP contribution in [0.1, 0.15) is 5.56 Å². The van der Waals surface area contributed by atoms with Crippen molar-refractivity contribution >= 4 is 39.6 Å². The maximum absolute atomic E-state index is 6.06. The highest BCUT2D eigenvalue weighted by atomic mass is 35.5. The molecule has 0 saturated heterocycles. The summed E-state index contributed by atoms with van der Waals surface area (Å²) in [6.45, 7) is 0. The minimum Gasteiger partial charge on any atom is -0.339 e. The molecule has 1 heterocycles. The number of amidine groups is 1. The van der Waals surface area contributed by atoms with Crippen LogP contribution < -0.4 is 5.32 Å². The molecule has 0 bridgehead atoms. The minimum atomic E-state index is 0.712. The van der Waals surface area contributed by atoms with E-state index in [1.165, 1.54) is 10.8 Å². The van der Waals surface area contributed by atoms with Gasteiger partial charge in [0, 0.05) is 21.7 Å². The highest BCUT2D eigenvalue weighted by molar-refractivity contribution is 6.31. The van der Waals surface area contributed by atoms with Gasteiger partial charge in [0.15, 0.2) is 0 Å². The van der Waals surface area contributed by atoms with Gasteiger partial charge >= 0.3 is 0 Å². The molecule has 1 aliphatic rings. The monoisotopic (exact) mass is 278 g/mol. The van der Waals surface area contributed by atoms with Gasteiger partial charge in [-0.1, -0.05) is 48.0 Å². The molecule has 20 heavy (non-hydrogen) atoms. The maximum atomic E-state index is 6.06. The minimum absolute atomic E-state index is 0.712. The zero-order valence-electron chi connectivity index (χ0n) is 10.6. The molecule has 1 N–H and O–H groups in total. The van der Waals surface area contributed by atoms with Crippen molar-refractivity contribution in [2.45, 2.75) is 0 Å². The Kier molecular flexibility index (Phi) is 2.51. The van der Waals surface area contributed by atoms with Gasteiger partial charge < -0.3 is 5.32 Å². The SMILES string of the molecule is Clc1cccc(C2=Nc3cccc4cccc(c34)N2)c1. The van der Waals surface area contributed by atoms with Crippen molar-refractivity contribution in [2.24, 2.45) is 4.99 Å². The number of anilines is 1. The lowest BCUT2D eigenvalue weighted by Crippen LogP contribution is -2.16. The van der Waals surface area contributed by atoms with Crippen LogP contribution in [-0.2, 0) is 0 Å².